The zero-order chi connectivity index (χ0) is 16.1. The number of aromatic nitrogens is 4. The average Bonchev–Trinajstić information content (AvgIpc) is 3.02. The maximum Gasteiger partial charge on any atom is 0.247 e. The third-order valence-corrected chi connectivity index (χ3v) is 3.48. The number of ether oxygens (including phenoxy) is 1. The van der Waals surface area contributed by atoms with Gasteiger partial charge in [-0.1, -0.05) is 41.0 Å². The highest BCUT2D eigenvalue weighted by atomic mass is 16.5. The molecule has 1 heterocycles. The van der Waals surface area contributed by atoms with Gasteiger partial charge in [0.15, 0.2) is 0 Å². The summed E-state index contributed by atoms with van der Waals surface area (Å²) < 4.78 is 7.43. The Kier molecular flexibility index (Phi) is 4.52. The van der Waals surface area contributed by atoms with E-state index in [0.717, 1.165) is 17.0 Å². The summed E-state index contributed by atoms with van der Waals surface area (Å²) in [5, 5.41) is 15.0. The largest absolute Gasteiger partial charge is 0.491 e. The van der Waals surface area contributed by atoms with Crippen molar-refractivity contribution in [3.8, 4) is 11.4 Å². The number of para-hydroxylation sites is 1. The summed E-state index contributed by atoms with van der Waals surface area (Å²) in [7, 11) is 0. The smallest absolute Gasteiger partial charge is 0.247 e. The fourth-order valence-electron chi connectivity index (χ4n) is 2.20. The van der Waals surface area contributed by atoms with Gasteiger partial charge in [0, 0.05) is 0 Å². The van der Waals surface area contributed by atoms with E-state index in [1.165, 1.54) is 5.56 Å². The lowest BCUT2D eigenvalue weighted by Crippen LogP contribution is -2.15. The van der Waals surface area contributed by atoms with Crippen LogP contribution < -0.4 is 10.1 Å². The van der Waals surface area contributed by atoms with Gasteiger partial charge < -0.3 is 10.1 Å². The van der Waals surface area contributed by atoms with E-state index >= 15 is 0 Å². The Morgan fingerprint density at radius 3 is 2.61 bits per heavy atom. The van der Waals surface area contributed by atoms with Crippen LogP contribution in [-0.2, 0) is 0 Å². The Hall–Kier alpha value is -2.89. The Labute approximate surface area is 135 Å². The molecule has 3 rings (SSSR count). The highest BCUT2D eigenvalue weighted by Crippen LogP contribution is 2.16. The van der Waals surface area contributed by atoms with Crippen LogP contribution >= 0.6 is 0 Å². The molecule has 0 unspecified atom stereocenters. The molecule has 3 aromatic rings. The highest BCUT2D eigenvalue weighted by Gasteiger charge is 2.07. The standard InChI is InChI=1S/C17H19N5O/c1-13-7-9-15(10-8-13)22-17(19-20-21-22)18-11-12-23-16-6-4-3-5-14(16)2/h3-10H,11-12H2,1-2H3,(H,18,19,21). The van der Waals surface area contributed by atoms with Gasteiger partial charge in [0.25, 0.3) is 0 Å². The normalized spacial score (nSPS) is 10.5. The van der Waals surface area contributed by atoms with E-state index in [1.807, 2.05) is 62.4 Å². The number of benzene rings is 2. The Bertz CT molecular complexity index is 767. The van der Waals surface area contributed by atoms with Crippen LogP contribution in [0.1, 0.15) is 11.1 Å². The van der Waals surface area contributed by atoms with Crippen molar-refractivity contribution in [1.29, 1.82) is 0 Å². The maximum absolute atomic E-state index is 5.76. The minimum Gasteiger partial charge on any atom is -0.491 e. The second-order valence-corrected chi connectivity index (χ2v) is 5.29. The van der Waals surface area contributed by atoms with E-state index in [1.54, 1.807) is 4.68 Å². The lowest BCUT2D eigenvalue weighted by molar-refractivity contribution is 0.330. The van der Waals surface area contributed by atoms with Crippen LogP contribution in [0.2, 0.25) is 0 Å². The molecule has 0 radical (unpaired) electrons. The van der Waals surface area contributed by atoms with Crippen LogP contribution in [0.15, 0.2) is 48.5 Å². The lowest BCUT2D eigenvalue weighted by atomic mass is 10.2. The van der Waals surface area contributed by atoms with Gasteiger partial charge in [-0.3, -0.25) is 0 Å². The van der Waals surface area contributed by atoms with Gasteiger partial charge in [-0.2, -0.15) is 4.68 Å². The molecule has 118 valence electrons. The van der Waals surface area contributed by atoms with Crippen molar-refractivity contribution in [2.45, 2.75) is 13.8 Å². The van der Waals surface area contributed by atoms with Crippen molar-refractivity contribution >= 4 is 5.95 Å². The summed E-state index contributed by atoms with van der Waals surface area (Å²) in [4.78, 5) is 0. The topological polar surface area (TPSA) is 64.9 Å². The van der Waals surface area contributed by atoms with Gasteiger partial charge in [-0.05, 0) is 48.0 Å². The number of nitrogens with one attached hydrogen (secondary N) is 1. The predicted octanol–water partition coefficient (Wildman–Crippen LogP) is 2.77. The zero-order valence-electron chi connectivity index (χ0n) is 13.2. The molecule has 2 aromatic carbocycles. The van der Waals surface area contributed by atoms with E-state index in [4.69, 9.17) is 4.74 Å². The molecule has 0 atom stereocenters. The second-order valence-electron chi connectivity index (χ2n) is 5.29. The summed E-state index contributed by atoms with van der Waals surface area (Å²) in [5.41, 5.74) is 3.24. The van der Waals surface area contributed by atoms with E-state index in [-0.39, 0.29) is 0 Å². The van der Waals surface area contributed by atoms with E-state index in [0.29, 0.717) is 19.1 Å². The first kappa shape index (κ1) is 15.0. The first-order valence-corrected chi connectivity index (χ1v) is 7.52. The third-order valence-electron chi connectivity index (χ3n) is 3.48. The number of aryl methyl sites for hydroxylation is 2. The van der Waals surface area contributed by atoms with E-state index in [2.05, 4.69) is 20.8 Å². The SMILES string of the molecule is Cc1ccc(-n2nnnc2NCCOc2ccccc2C)cc1. The second kappa shape index (κ2) is 6.91. The molecule has 0 fully saturated rings. The highest BCUT2D eigenvalue weighted by molar-refractivity contribution is 5.40. The summed E-state index contributed by atoms with van der Waals surface area (Å²) >= 11 is 0. The van der Waals surface area contributed by atoms with Gasteiger partial charge in [-0.15, -0.1) is 0 Å². The van der Waals surface area contributed by atoms with Crippen molar-refractivity contribution < 1.29 is 4.74 Å². The first-order chi connectivity index (χ1) is 11.2. The van der Waals surface area contributed by atoms with Crippen LogP contribution in [-0.4, -0.2) is 33.4 Å². The number of rotatable bonds is 6. The van der Waals surface area contributed by atoms with Crippen LogP contribution in [0.25, 0.3) is 5.69 Å². The molecular weight excluding hydrogens is 290 g/mol. The minimum absolute atomic E-state index is 0.533. The number of tetrazole rings is 1. The summed E-state index contributed by atoms with van der Waals surface area (Å²) in [6.07, 6.45) is 0. The molecule has 0 saturated carbocycles. The molecule has 6 nitrogen and oxygen atoms in total. The predicted molar refractivity (Wildman–Crippen MR) is 89.1 cm³/mol. The molecule has 1 N–H and O–H groups in total. The minimum atomic E-state index is 0.533. The molecule has 0 aliphatic carbocycles. The fraction of sp³-hybridized carbons (Fsp3) is 0.235. The zero-order valence-corrected chi connectivity index (χ0v) is 13.2. The van der Waals surface area contributed by atoms with Crippen molar-refractivity contribution in [3.63, 3.8) is 0 Å². The molecule has 6 heteroatoms. The van der Waals surface area contributed by atoms with Crippen LogP contribution in [0.5, 0.6) is 5.75 Å². The molecule has 0 aliphatic heterocycles. The number of anilines is 1. The average molecular weight is 309 g/mol. The van der Waals surface area contributed by atoms with Gasteiger partial charge in [0.1, 0.15) is 12.4 Å². The molecule has 0 spiro atoms. The summed E-state index contributed by atoms with van der Waals surface area (Å²) in [6, 6.07) is 16.0. The third kappa shape index (κ3) is 3.66. The molecular formula is C17H19N5O. The van der Waals surface area contributed by atoms with Crippen LogP contribution in [0.4, 0.5) is 5.95 Å². The number of nitrogens with zero attached hydrogens (tertiary/aromatic N) is 4. The molecule has 23 heavy (non-hydrogen) atoms. The van der Waals surface area contributed by atoms with Crippen molar-refractivity contribution in [1.82, 2.24) is 20.2 Å². The van der Waals surface area contributed by atoms with Gasteiger partial charge in [0.05, 0.1) is 12.2 Å². The lowest BCUT2D eigenvalue weighted by Gasteiger charge is -2.10. The quantitative estimate of drug-likeness (QED) is 0.709. The van der Waals surface area contributed by atoms with E-state index in [9.17, 15) is 0 Å². The fourth-order valence-corrected chi connectivity index (χ4v) is 2.20. The number of hydrogen-bond donors (Lipinski definition) is 1. The van der Waals surface area contributed by atoms with Crippen LogP contribution in [0.3, 0.4) is 0 Å². The van der Waals surface area contributed by atoms with Gasteiger partial charge in [0.2, 0.25) is 5.95 Å². The van der Waals surface area contributed by atoms with E-state index < -0.39 is 0 Å². The molecule has 0 aliphatic rings. The Morgan fingerprint density at radius 2 is 1.83 bits per heavy atom. The van der Waals surface area contributed by atoms with Crippen molar-refractivity contribution in [2.24, 2.45) is 0 Å². The monoisotopic (exact) mass is 309 g/mol. The van der Waals surface area contributed by atoms with Gasteiger partial charge in [-0.25, -0.2) is 0 Å². The van der Waals surface area contributed by atoms with Gasteiger partial charge >= 0.3 is 0 Å². The van der Waals surface area contributed by atoms with Crippen LogP contribution in [0, 0.1) is 13.8 Å². The summed E-state index contributed by atoms with van der Waals surface area (Å²) in [6.45, 7) is 5.22. The molecule has 1 aromatic heterocycles. The number of hydrogen-bond acceptors (Lipinski definition) is 5. The van der Waals surface area contributed by atoms with Crippen molar-refractivity contribution in [3.05, 3.63) is 59.7 Å². The molecule has 0 bridgehead atoms. The first-order valence-electron chi connectivity index (χ1n) is 7.52. The Morgan fingerprint density at radius 1 is 1.04 bits per heavy atom. The summed E-state index contributed by atoms with van der Waals surface area (Å²) in [5.74, 6) is 1.50. The molecule has 0 saturated heterocycles. The Balaban J connectivity index is 1.58. The molecule has 0 amide bonds. The maximum atomic E-state index is 5.76. The van der Waals surface area contributed by atoms with Crippen molar-refractivity contribution in [2.75, 3.05) is 18.5 Å².